The molecule has 4 N–H and O–H groups in total. The van der Waals surface area contributed by atoms with Crippen molar-refractivity contribution in [2.24, 2.45) is 5.41 Å². The lowest BCUT2D eigenvalue weighted by Crippen LogP contribution is -2.49. The van der Waals surface area contributed by atoms with Crippen molar-refractivity contribution < 1.29 is 9.90 Å². The number of rotatable bonds is 2. The van der Waals surface area contributed by atoms with E-state index in [1.165, 1.54) is 0 Å². The maximum atomic E-state index is 11.4. The van der Waals surface area contributed by atoms with E-state index in [4.69, 9.17) is 5.73 Å². The van der Waals surface area contributed by atoms with E-state index in [1.54, 1.807) is 4.90 Å². The first-order valence-electron chi connectivity index (χ1n) is 6.90. The summed E-state index contributed by atoms with van der Waals surface area (Å²) in [6.07, 6.45) is -0.0231. The molecule has 1 aliphatic heterocycles. The summed E-state index contributed by atoms with van der Waals surface area (Å²) in [5.74, 6) is 0. The fraction of sp³-hybridized carbons (Fsp3) is 0.533. The molecule has 110 valence electrons. The molecular formula is C15H23N3O2. The Morgan fingerprint density at radius 3 is 2.45 bits per heavy atom. The minimum absolute atomic E-state index is 0.0439. The van der Waals surface area contributed by atoms with Crippen LogP contribution in [0.5, 0.6) is 0 Å². The average molecular weight is 277 g/mol. The zero-order chi connectivity index (χ0) is 14.9. The largest absolute Gasteiger partial charge is 0.465 e. The van der Waals surface area contributed by atoms with Crippen LogP contribution in [0, 0.1) is 5.41 Å². The molecule has 0 aromatic heterocycles. The molecule has 5 nitrogen and oxygen atoms in total. The minimum Gasteiger partial charge on any atom is -0.465 e. The van der Waals surface area contributed by atoms with E-state index >= 15 is 0 Å². The lowest BCUT2D eigenvalue weighted by atomic mass is 9.82. The predicted molar refractivity (Wildman–Crippen MR) is 80.9 cm³/mol. The molecule has 1 aromatic carbocycles. The Hall–Kier alpha value is -1.91. The van der Waals surface area contributed by atoms with Gasteiger partial charge in [0.15, 0.2) is 0 Å². The predicted octanol–water partition coefficient (Wildman–Crippen LogP) is 2.85. The number of nitrogens with zero attached hydrogens (tertiary/aromatic N) is 1. The Morgan fingerprint density at radius 1 is 1.35 bits per heavy atom. The third kappa shape index (κ3) is 2.98. The van der Waals surface area contributed by atoms with Crippen LogP contribution in [-0.4, -0.2) is 34.7 Å². The van der Waals surface area contributed by atoms with Crippen LogP contribution in [0.25, 0.3) is 0 Å². The highest BCUT2D eigenvalue weighted by molar-refractivity contribution is 5.66. The third-order valence-electron chi connectivity index (χ3n) is 3.79. The smallest absolute Gasteiger partial charge is 0.407 e. The molecule has 5 heteroatoms. The Morgan fingerprint density at radius 2 is 1.95 bits per heavy atom. The number of likely N-dealkylation sites (tertiary alicyclic amines) is 1. The first-order chi connectivity index (χ1) is 9.29. The van der Waals surface area contributed by atoms with Crippen LogP contribution < -0.4 is 11.1 Å². The molecule has 1 saturated heterocycles. The number of anilines is 2. The van der Waals surface area contributed by atoms with Crippen molar-refractivity contribution in [3.05, 3.63) is 24.3 Å². The van der Waals surface area contributed by atoms with Crippen molar-refractivity contribution in [1.29, 1.82) is 0 Å². The van der Waals surface area contributed by atoms with Gasteiger partial charge in [-0.1, -0.05) is 20.8 Å². The van der Waals surface area contributed by atoms with Crippen LogP contribution in [0.1, 0.15) is 27.2 Å². The van der Waals surface area contributed by atoms with Gasteiger partial charge in [-0.2, -0.15) is 0 Å². The first-order valence-corrected chi connectivity index (χ1v) is 6.90. The molecule has 2 atom stereocenters. The lowest BCUT2D eigenvalue weighted by molar-refractivity contribution is 0.103. The second-order valence-electron chi connectivity index (χ2n) is 6.45. The van der Waals surface area contributed by atoms with E-state index in [1.807, 2.05) is 24.3 Å². The zero-order valence-corrected chi connectivity index (χ0v) is 12.3. The summed E-state index contributed by atoms with van der Waals surface area (Å²) in [6, 6.07) is 7.63. The Labute approximate surface area is 119 Å². The molecule has 2 unspecified atom stereocenters. The second kappa shape index (κ2) is 5.23. The number of carbonyl (C=O) groups is 1. The number of hydrogen-bond donors (Lipinski definition) is 3. The number of hydrogen-bond acceptors (Lipinski definition) is 3. The van der Waals surface area contributed by atoms with Crippen LogP contribution in [0.4, 0.5) is 16.2 Å². The van der Waals surface area contributed by atoms with E-state index in [-0.39, 0.29) is 17.5 Å². The highest BCUT2D eigenvalue weighted by atomic mass is 16.4. The van der Waals surface area contributed by atoms with Gasteiger partial charge >= 0.3 is 6.09 Å². The molecule has 0 aliphatic carbocycles. The van der Waals surface area contributed by atoms with Crippen LogP contribution in [0.2, 0.25) is 0 Å². The summed E-state index contributed by atoms with van der Waals surface area (Å²) < 4.78 is 0. The van der Waals surface area contributed by atoms with Gasteiger partial charge in [-0.05, 0) is 36.1 Å². The summed E-state index contributed by atoms with van der Waals surface area (Å²) >= 11 is 0. The Kier molecular flexibility index (Phi) is 3.79. The van der Waals surface area contributed by atoms with Crippen molar-refractivity contribution in [2.75, 3.05) is 17.6 Å². The van der Waals surface area contributed by atoms with Gasteiger partial charge < -0.3 is 21.1 Å². The molecule has 1 amide bonds. The van der Waals surface area contributed by atoms with Crippen LogP contribution in [-0.2, 0) is 0 Å². The second-order valence-corrected chi connectivity index (χ2v) is 6.45. The molecule has 0 bridgehead atoms. The standard InChI is InChI=1S/C15H23N3O2/c1-15(2,3)13-12(8-9-18(13)14(19)20)17-11-6-4-10(16)5-7-11/h4-7,12-13,17H,8-9,16H2,1-3H3,(H,19,20). The van der Waals surface area contributed by atoms with Gasteiger partial charge in [-0.15, -0.1) is 0 Å². The van der Waals surface area contributed by atoms with Gasteiger partial charge in [-0.25, -0.2) is 4.79 Å². The van der Waals surface area contributed by atoms with Gasteiger partial charge in [0.25, 0.3) is 0 Å². The molecule has 1 aromatic rings. The number of carboxylic acid groups (broad SMARTS) is 1. The van der Waals surface area contributed by atoms with Crippen LogP contribution in [0.15, 0.2) is 24.3 Å². The molecule has 1 aliphatic rings. The summed E-state index contributed by atoms with van der Waals surface area (Å²) in [6.45, 7) is 6.81. The Balaban J connectivity index is 2.18. The normalized spacial score (nSPS) is 22.9. The number of benzene rings is 1. The van der Waals surface area contributed by atoms with E-state index in [0.29, 0.717) is 6.54 Å². The van der Waals surface area contributed by atoms with Crippen LogP contribution in [0.3, 0.4) is 0 Å². The summed E-state index contributed by atoms with van der Waals surface area (Å²) in [7, 11) is 0. The fourth-order valence-electron chi connectivity index (χ4n) is 3.02. The molecule has 2 rings (SSSR count). The lowest BCUT2D eigenvalue weighted by Gasteiger charge is -2.37. The Bertz CT molecular complexity index is 479. The highest BCUT2D eigenvalue weighted by Crippen LogP contribution is 2.34. The van der Waals surface area contributed by atoms with Crippen molar-refractivity contribution in [3.63, 3.8) is 0 Å². The SMILES string of the molecule is CC(C)(C)C1C(Nc2ccc(N)cc2)CCN1C(=O)O. The quantitative estimate of drug-likeness (QED) is 0.726. The van der Waals surface area contributed by atoms with Gasteiger partial charge in [0.2, 0.25) is 0 Å². The molecule has 1 heterocycles. The number of nitrogens with one attached hydrogen (secondary N) is 1. The average Bonchev–Trinajstić information content (AvgIpc) is 2.76. The van der Waals surface area contributed by atoms with Gasteiger partial charge in [0.05, 0.1) is 6.04 Å². The number of amides is 1. The molecule has 0 spiro atoms. The van der Waals surface area contributed by atoms with Gasteiger partial charge in [0, 0.05) is 24.0 Å². The summed E-state index contributed by atoms with van der Waals surface area (Å²) in [5, 5.41) is 12.8. The van der Waals surface area contributed by atoms with Gasteiger partial charge in [-0.3, -0.25) is 0 Å². The van der Waals surface area contributed by atoms with Crippen LogP contribution >= 0.6 is 0 Å². The van der Waals surface area contributed by atoms with Crippen molar-refractivity contribution in [1.82, 2.24) is 4.90 Å². The van der Waals surface area contributed by atoms with Crippen molar-refractivity contribution in [3.8, 4) is 0 Å². The molecule has 0 saturated carbocycles. The van der Waals surface area contributed by atoms with E-state index in [0.717, 1.165) is 17.8 Å². The van der Waals surface area contributed by atoms with Crippen molar-refractivity contribution in [2.45, 2.75) is 39.3 Å². The third-order valence-corrected chi connectivity index (χ3v) is 3.79. The molecule has 1 fully saturated rings. The maximum absolute atomic E-state index is 11.4. The van der Waals surface area contributed by atoms with Gasteiger partial charge in [0.1, 0.15) is 0 Å². The minimum atomic E-state index is -0.841. The topological polar surface area (TPSA) is 78.6 Å². The molecule has 20 heavy (non-hydrogen) atoms. The molecular weight excluding hydrogens is 254 g/mol. The summed E-state index contributed by atoms with van der Waals surface area (Å²) in [4.78, 5) is 12.9. The van der Waals surface area contributed by atoms with E-state index < -0.39 is 6.09 Å². The van der Waals surface area contributed by atoms with E-state index in [2.05, 4.69) is 26.1 Å². The zero-order valence-electron chi connectivity index (χ0n) is 12.3. The van der Waals surface area contributed by atoms with E-state index in [9.17, 15) is 9.90 Å². The fourth-order valence-corrected chi connectivity index (χ4v) is 3.02. The first kappa shape index (κ1) is 14.5. The number of nitrogens with two attached hydrogens (primary N) is 1. The monoisotopic (exact) mass is 277 g/mol. The maximum Gasteiger partial charge on any atom is 0.407 e. The van der Waals surface area contributed by atoms with Crippen molar-refractivity contribution >= 4 is 17.5 Å². The highest BCUT2D eigenvalue weighted by Gasteiger charge is 2.43. The molecule has 0 radical (unpaired) electrons. The number of nitrogen functional groups attached to an aromatic ring is 1. The summed E-state index contributed by atoms with van der Waals surface area (Å²) in [5.41, 5.74) is 7.27.